The number of benzene rings is 1. The van der Waals surface area contributed by atoms with Crippen LogP contribution in [0.5, 0.6) is 0 Å². The van der Waals surface area contributed by atoms with Crippen LogP contribution in [0.4, 0.5) is 0 Å². The van der Waals surface area contributed by atoms with Gasteiger partial charge in [0.15, 0.2) is 0 Å². The van der Waals surface area contributed by atoms with Gasteiger partial charge in [0.2, 0.25) is 0 Å². The van der Waals surface area contributed by atoms with Crippen molar-refractivity contribution in [1.29, 1.82) is 0 Å². The Labute approximate surface area is 219 Å². The molecule has 3 rings (SSSR count). The van der Waals surface area contributed by atoms with Crippen molar-refractivity contribution < 1.29 is 24.1 Å². The van der Waals surface area contributed by atoms with E-state index in [2.05, 4.69) is 37.8 Å². The summed E-state index contributed by atoms with van der Waals surface area (Å²) in [6, 6.07) is 10.4. The van der Waals surface area contributed by atoms with E-state index in [0.717, 1.165) is 70.6 Å². The Hall–Kier alpha value is -1.24. The average molecular weight is 503 g/mol. The van der Waals surface area contributed by atoms with Crippen molar-refractivity contribution in [2.75, 3.05) is 7.11 Å². The fraction of sp³-hybridized carbons (Fsp3) is 0.742. The summed E-state index contributed by atoms with van der Waals surface area (Å²) < 4.78 is 25.1. The van der Waals surface area contributed by atoms with Gasteiger partial charge in [-0.3, -0.25) is 0 Å². The molecule has 0 aliphatic carbocycles. The molecule has 0 saturated carbocycles. The third kappa shape index (κ3) is 10.6. The van der Waals surface area contributed by atoms with Crippen molar-refractivity contribution in [3.8, 4) is 0 Å². The largest absolute Gasteiger partial charge is 0.393 e. The number of aliphatic hydroxyl groups excluding tert-OH is 1. The quantitative estimate of drug-likeness (QED) is 0.200. The highest BCUT2D eigenvalue weighted by molar-refractivity contribution is 5.13. The first-order valence-electron chi connectivity index (χ1n) is 14.4. The molecule has 2 heterocycles. The Morgan fingerprint density at radius 1 is 1.00 bits per heavy atom. The molecule has 2 aliphatic rings. The molecule has 0 spiro atoms. The molecule has 0 bridgehead atoms. The SMILES string of the molecule is C=CC[C@@H]1CC(OCc2ccccc2)CC(C[C@H](CC2CCCC(C[C@@H](O)CCCCC)O2)OC)O1. The second-order valence-corrected chi connectivity index (χ2v) is 10.8. The van der Waals surface area contributed by atoms with E-state index >= 15 is 0 Å². The van der Waals surface area contributed by atoms with Crippen molar-refractivity contribution >= 4 is 0 Å². The molecule has 5 nitrogen and oxygen atoms in total. The lowest BCUT2D eigenvalue weighted by atomic mass is 9.92. The third-order valence-corrected chi connectivity index (χ3v) is 7.69. The standard InChI is InChI=1S/C31H50O5/c1-4-6-8-15-25(32)18-27-16-11-17-28(35-27)19-29(33-3)21-31-22-30(20-26(36-31)12-5-2)34-23-24-13-9-7-10-14-24/h5,7,9-10,13-14,25-32H,2,4,6,8,11-12,15-23H2,1,3H3/t25-,26+,27?,28?,29-,30?,31?/m0/s1. The highest BCUT2D eigenvalue weighted by Gasteiger charge is 2.33. The molecule has 0 amide bonds. The van der Waals surface area contributed by atoms with Gasteiger partial charge in [-0.05, 0) is 63.4 Å². The fourth-order valence-electron chi connectivity index (χ4n) is 5.73. The Morgan fingerprint density at radius 2 is 1.69 bits per heavy atom. The smallest absolute Gasteiger partial charge is 0.0720 e. The number of aliphatic hydroxyl groups is 1. The van der Waals surface area contributed by atoms with E-state index < -0.39 is 0 Å². The van der Waals surface area contributed by atoms with Gasteiger partial charge in [0, 0.05) is 13.5 Å². The van der Waals surface area contributed by atoms with E-state index in [1.165, 1.54) is 18.4 Å². The summed E-state index contributed by atoms with van der Waals surface area (Å²) in [5, 5.41) is 10.4. The van der Waals surface area contributed by atoms with Crippen LogP contribution < -0.4 is 0 Å². The zero-order valence-electron chi connectivity index (χ0n) is 22.7. The molecule has 2 fully saturated rings. The zero-order valence-corrected chi connectivity index (χ0v) is 22.7. The maximum Gasteiger partial charge on any atom is 0.0720 e. The molecule has 0 aromatic heterocycles. The van der Waals surface area contributed by atoms with Gasteiger partial charge in [-0.15, -0.1) is 6.58 Å². The van der Waals surface area contributed by atoms with Crippen LogP contribution in [0.3, 0.4) is 0 Å². The number of unbranched alkanes of at least 4 members (excludes halogenated alkanes) is 2. The first kappa shape index (κ1) is 29.3. The number of methoxy groups -OCH3 is 1. The van der Waals surface area contributed by atoms with Crippen LogP contribution in [-0.2, 0) is 25.6 Å². The first-order valence-corrected chi connectivity index (χ1v) is 14.4. The van der Waals surface area contributed by atoms with Crippen LogP contribution in [0.15, 0.2) is 43.0 Å². The van der Waals surface area contributed by atoms with Crippen LogP contribution in [0.1, 0.15) is 96.0 Å². The van der Waals surface area contributed by atoms with Gasteiger partial charge < -0.3 is 24.1 Å². The van der Waals surface area contributed by atoms with E-state index in [0.29, 0.717) is 6.61 Å². The summed E-state index contributed by atoms with van der Waals surface area (Å²) in [6.07, 6.45) is 15.3. The predicted octanol–water partition coefficient (Wildman–Crippen LogP) is 6.76. The first-order chi connectivity index (χ1) is 17.6. The minimum absolute atomic E-state index is 0.0884. The minimum atomic E-state index is -0.247. The van der Waals surface area contributed by atoms with Gasteiger partial charge >= 0.3 is 0 Å². The van der Waals surface area contributed by atoms with Gasteiger partial charge in [-0.1, -0.05) is 62.6 Å². The summed E-state index contributed by atoms with van der Waals surface area (Å²) in [4.78, 5) is 0. The Morgan fingerprint density at radius 3 is 2.42 bits per heavy atom. The van der Waals surface area contributed by atoms with Gasteiger partial charge in [0.05, 0.1) is 49.3 Å². The fourth-order valence-corrected chi connectivity index (χ4v) is 5.73. The molecule has 4 unspecified atom stereocenters. The lowest BCUT2D eigenvalue weighted by molar-refractivity contribution is -0.135. The van der Waals surface area contributed by atoms with Crippen molar-refractivity contribution in [2.24, 2.45) is 0 Å². The van der Waals surface area contributed by atoms with E-state index in [1.807, 2.05) is 12.1 Å². The molecule has 2 aliphatic heterocycles. The molecule has 5 heteroatoms. The molecule has 7 atom stereocenters. The van der Waals surface area contributed by atoms with Crippen molar-refractivity contribution in [3.05, 3.63) is 48.6 Å². The van der Waals surface area contributed by atoms with Crippen LogP contribution in [0.25, 0.3) is 0 Å². The monoisotopic (exact) mass is 502 g/mol. The van der Waals surface area contributed by atoms with Crippen molar-refractivity contribution in [2.45, 2.75) is 140 Å². The summed E-state index contributed by atoms with van der Waals surface area (Å²) in [5.74, 6) is 0. The van der Waals surface area contributed by atoms with E-state index in [-0.39, 0.29) is 42.7 Å². The molecule has 2 saturated heterocycles. The molecular weight excluding hydrogens is 452 g/mol. The van der Waals surface area contributed by atoms with Crippen LogP contribution in [0.2, 0.25) is 0 Å². The number of hydrogen-bond donors (Lipinski definition) is 1. The minimum Gasteiger partial charge on any atom is -0.393 e. The van der Waals surface area contributed by atoms with Crippen molar-refractivity contribution in [3.63, 3.8) is 0 Å². The highest BCUT2D eigenvalue weighted by atomic mass is 16.5. The van der Waals surface area contributed by atoms with Crippen LogP contribution in [-0.4, -0.2) is 54.9 Å². The van der Waals surface area contributed by atoms with E-state index in [1.54, 1.807) is 7.11 Å². The number of rotatable bonds is 16. The Kier molecular flexibility index (Phi) is 13.5. The number of ether oxygens (including phenoxy) is 4. The maximum atomic E-state index is 10.4. The third-order valence-electron chi connectivity index (χ3n) is 7.69. The average Bonchev–Trinajstić information content (AvgIpc) is 2.88. The lowest BCUT2D eigenvalue weighted by Crippen LogP contribution is -2.40. The molecule has 0 radical (unpaired) electrons. The second-order valence-electron chi connectivity index (χ2n) is 10.8. The summed E-state index contributed by atoms with van der Waals surface area (Å²) in [5.41, 5.74) is 1.20. The molecule has 1 aromatic rings. The molecule has 1 N–H and O–H groups in total. The Balaban J connectivity index is 1.47. The maximum absolute atomic E-state index is 10.4. The molecule has 1 aromatic carbocycles. The van der Waals surface area contributed by atoms with Crippen LogP contribution >= 0.6 is 0 Å². The summed E-state index contributed by atoms with van der Waals surface area (Å²) in [6.45, 7) is 6.75. The summed E-state index contributed by atoms with van der Waals surface area (Å²) in [7, 11) is 1.80. The normalized spacial score (nSPS) is 28.5. The van der Waals surface area contributed by atoms with Gasteiger partial charge in [-0.25, -0.2) is 0 Å². The van der Waals surface area contributed by atoms with E-state index in [9.17, 15) is 5.11 Å². The Bertz CT molecular complexity index is 710. The topological polar surface area (TPSA) is 57.2 Å². The van der Waals surface area contributed by atoms with E-state index in [4.69, 9.17) is 18.9 Å². The van der Waals surface area contributed by atoms with Gasteiger partial charge in [-0.2, -0.15) is 0 Å². The van der Waals surface area contributed by atoms with Crippen LogP contribution in [0, 0.1) is 0 Å². The predicted molar refractivity (Wildman–Crippen MR) is 145 cm³/mol. The van der Waals surface area contributed by atoms with Crippen molar-refractivity contribution in [1.82, 2.24) is 0 Å². The second kappa shape index (κ2) is 16.6. The van der Waals surface area contributed by atoms with Gasteiger partial charge in [0.25, 0.3) is 0 Å². The summed E-state index contributed by atoms with van der Waals surface area (Å²) >= 11 is 0. The molecule has 204 valence electrons. The number of hydrogen-bond acceptors (Lipinski definition) is 5. The van der Waals surface area contributed by atoms with Gasteiger partial charge in [0.1, 0.15) is 0 Å². The molecule has 36 heavy (non-hydrogen) atoms. The zero-order chi connectivity index (χ0) is 25.6. The molecular formula is C31H50O5. The lowest BCUT2D eigenvalue weighted by Gasteiger charge is -2.37. The highest BCUT2D eigenvalue weighted by Crippen LogP contribution is 2.31.